The Balaban J connectivity index is 0.000000150. The number of fused-ring (bicyclic) bond motifs is 2. The van der Waals surface area contributed by atoms with Crippen LogP contribution in [0.1, 0.15) is 83.0 Å². The summed E-state index contributed by atoms with van der Waals surface area (Å²) in [6, 6.07) is 0. The van der Waals surface area contributed by atoms with Crippen LogP contribution in [-0.2, 0) is 51.2 Å². The highest BCUT2D eigenvalue weighted by atomic mass is 79.9. The first-order chi connectivity index (χ1) is 24.7. The number of aromatic nitrogens is 4. The second-order valence-electron chi connectivity index (χ2n) is 15.5. The highest BCUT2D eigenvalue weighted by Crippen LogP contribution is 2.39. The molecule has 8 heterocycles. The Labute approximate surface area is 308 Å². The molecule has 4 saturated heterocycles. The topological polar surface area (TPSA) is 182 Å². The van der Waals surface area contributed by atoms with Crippen molar-refractivity contribution >= 4 is 27.7 Å². The van der Waals surface area contributed by atoms with Crippen molar-refractivity contribution in [3.8, 4) is 0 Å². The summed E-state index contributed by atoms with van der Waals surface area (Å²) >= 11 is 3.30. The van der Waals surface area contributed by atoms with Crippen LogP contribution in [0.4, 0.5) is 0 Å². The number of nitrogens with one attached hydrogen (secondary N) is 3. The van der Waals surface area contributed by atoms with Crippen molar-refractivity contribution in [2.75, 3.05) is 84.5 Å². The lowest BCUT2D eigenvalue weighted by molar-refractivity contribution is -0.146. The molecular formula is C36H55BrN6O8. The summed E-state index contributed by atoms with van der Waals surface area (Å²) in [5.41, 5.74) is 5.27. The zero-order valence-corrected chi connectivity index (χ0v) is 31.7. The van der Waals surface area contributed by atoms with E-state index in [0.29, 0.717) is 39.5 Å². The van der Waals surface area contributed by atoms with E-state index in [9.17, 15) is 14.7 Å². The number of amides is 2. The maximum absolute atomic E-state index is 12.8. The van der Waals surface area contributed by atoms with Crippen LogP contribution in [0.3, 0.4) is 0 Å². The number of hydrogen-bond donors (Lipinski definition) is 5. The number of carbonyl (C=O) groups is 2. The molecule has 8 rings (SSSR count). The first kappa shape index (κ1) is 38.3. The third-order valence-electron chi connectivity index (χ3n) is 11.7. The Kier molecular flexibility index (Phi) is 12.3. The summed E-state index contributed by atoms with van der Waals surface area (Å²) in [6.45, 7) is 12.0. The molecule has 51 heavy (non-hydrogen) atoms. The summed E-state index contributed by atoms with van der Waals surface area (Å²) in [4.78, 5) is 24.9. The van der Waals surface area contributed by atoms with E-state index in [2.05, 4.69) is 36.8 Å². The number of alkyl halides is 1. The van der Waals surface area contributed by atoms with Gasteiger partial charge in [0.05, 0.1) is 79.8 Å². The van der Waals surface area contributed by atoms with Crippen LogP contribution in [0.25, 0.3) is 0 Å². The summed E-state index contributed by atoms with van der Waals surface area (Å²) < 4.78 is 23.2. The lowest BCUT2D eigenvalue weighted by Crippen LogP contribution is -2.49. The standard InChI is InChI=1S/C18H27N3O4.C13H19N3O2.C5H9BrO2/c1-2-13-15-14(21(20-13)9-18(10-22)11-25-12-18)7-17(8-19-16(15)23)3-5-24-6-4-17;1-2-9-11-10(16-15-9)7-13(8-14-12(11)17)3-5-18-6-4-13;6-1-5(2-7)3-8-4-5/h22H,2-12H2,1H3,(H,19,23);2-8H2,1H3,(H,14,17)(H,15,16);7H,1-4H2. The number of nitrogens with zero attached hydrogens (tertiary/aromatic N) is 3. The molecule has 2 aromatic rings. The van der Waals surface area contributed by atoms with Crippen LogP contribution < -0.4 is 10.6 Å². The van der Waals surface area contributed by atoms with E-state index in [1.807, 2.05) is 18.5 Å². The molecule has 284 valence electrons. The average Bonchev–Trinajstić information content (AvgIpc) is 3.61. The van der Waals surface area contributed by atoms with Crippen molar-refractivity contribution in [3.05, 3.63) is 33.9 Å². The molecule has 6 aliphatic rings. The fourth-order valence-corrected chi connectivity index (χ4v) is 8.37. The number of carbonyl (C=O) groups excluding carboxylic acids is 2. The molecule has 15 heteroatoms. The first-order valence-electron chi connectivity index (χ1n) is 18.5. The molecule has 0 unspecified atom stereocenters. The van der Waals surface area contributed by atoms with Crippen LogP contribution in [0, 0.1) is 21.7 Å². The highest BCUT2D eigenvalue weighted by Gasteiger charge is 2.44. The largest absolute Gasteiger partial charge is 0.396 e. The van der Waals surface area contributed by atoms with Crippen molar-refractivity contribution in [1.29, 1.82) is 0 Å². The Morgan fingerprint density at radius 1 is 0.745 bits per heavy atom. The number of aryl methyl sites for hydroxylation is 2. The van der Waals surface area contributed by atoms with Gasteiger partial charge in [-0.15, -0.1) is 0 Å². The minimum atomic E-state index is -0.267. The fourth-order valence-electron chi connectivity index (χ4n) is 7.87. The molecule has 4 fully saturated rings. The van der Waals surface area contributed by atoms with Crippen molar-refractivity contribution in [1.82, 2.24) is 30.6 Å². The number of hydrogen-bond acceptors (Lipinski definition) is 10. The number of aliphatic hydroxyl groups is 2. The Morgan fingerprint density at radius 3 is 1.73 bits per heavy atom. The van der Waals surface area contributed by atoms with Crippen LogP contribution in [0.5, 0.6) is 0 Å². The summed E-state index contributed by atoms with van der Waals surface area (Å²) in [7, 11) is 0. The predicted molar refractivity (Wildman–Crippen MR) is 191 cm³/mol. The molecule has 2 spiro atoms. The second kappa shape index (κ2) is 16.3. The van der Waals surface area contributed by atoms with E-state index in [0.717, 1.165) is 124 Å². The lowest BCUT2D eigenvalue weighted by Gasteiger charge is -2.40. The van der Waals surface area contributed by atoms with Gasteiger partial charge in [-0.1, -0.05) is 29.8 Å². The van der Waals surface area contributed by atoms with Crippen LogP contribution in [-0.4, -0.2) is 126 Å². The van der Waals surface area contributed by atoms with Gasteiger partial charge in [-0.2, -0.15) is 10.2 Å². The van der Waals surface area contributed by atoms with Gasteiger partial charge in [-0.25, -0.2) is 0 Å². The lowest BCUT2D eigenvalue weighted by atomic mass is 9.76. The number of aliphatic hydroxyl groups excluding tert-OH is 2. The minimum Gasteiger partial charge on any atom is -0.396 e. The quantitative estimate of drug-likeness (QED) is 0.261. The fraction of sp³-hybridized carbons (Fsp3) is 0.778. The molecule has 5 N–H and O–H groups in total. The summed E-state index contributed by atoms with van der Waals surface area (Å²) in [5, 5.41) is 37.7. The van der Waals surface area contributed by atoms with Gasteiger partial charge in [0.15, 0.2) is 0 Å². The van der Waals surface area contributed by atoms with Crippen LogP contribution in [0.2, 0.25) is 0 Å². The number of ether oxygens (including phenoxy) is 4. The summed E-state index contributed by atoms with van der Waals surface area (Å²) in [5.74, 6) is 0.0170. The zero-order chi connectivity index (χ0) is 36.1. The van der Waals surface area contributed by atoms with Gasteiger partial charge in [-0.3, -0.25) is 19.4 Å². The van der Waals surface area contributed by atoms with Gasteiger partial charge in [0.25, 0.3) is 11.8 Å². The van der Waals surface area contributed by atoms with E-state index < -0.39 is 0 Å². The SMILES string of the molecule is CCc1n[nH]c2c1C(=O)NCC1(CCOCC1)C2.CCc1nn(CC2(CO)COC2)c2c1C(=O)NCC1(CCOCC1)C2.OCC1(CBr)COC1. The maximum atomic E-state index is 12.8. The van der Waals surface area contributed by atoms with Crippen molar-refractivity contribution in [3.63, 3.8) is 0 Å². The molecule has 2 aromatic heterocycles. The van der Waals surface area contributed by atoms with Crippen molar-refractivity contribution < 1.29 is 38.7 Å². The van der Waals surface area contributed by atoms with Gasteiger partial charge >= 0.3 is 0 Å². The molecule has 0 radical (unpaired) electrons. The number of halogens is 1. The predicted octanol–water partition coefficient (Wildman–Crippen LogP) is 1.98. The second-order valence-corrected chi connectivity index (χ2v) is 16.1. The van der Waals surface area contributed by atoms with Gasteiger partial charge in [0.1, 0.15) is 0 Å². The van der Waals surface area contributed by atoms with Crippen molar-refractivity contribution in [2.45, 2.75) is 71.8 Å². The molecule has 0 atom stereocenters. The van der Waals surface area contributed by atoms with Gasteiger partial charge in [0.2, 0.25) is 0 Å². The molecular weight excluding hydrogens is 724 g/mol. The van der Waals surface area contributed by atoms with Gasteiger partial charge in [-0.05, 0) is 62.2 Å². The highest BCUT2D eigenvalue weighted by molar-refractivity contribution is 9.09. The number of rotatable bonds is 7. The third kappa shape index (κ3) is 8.09. The molecule has 0 aliphatic carbocycles. The molecule has 14 nitrogen and oxygen atoms in total. The molecule has 0 bridgehead atoms. The van der Waals surface area contributed by atoms with E-state index in [1.165, 1.54) is 0 Å². The number of H-pyrrole nitrogens is 1. The average molecular weight is 780 g/mol. The maximum Gasteiger partial charge on any atom is 0.255 e. The smallest absolute Gasteiger partial charge is 0.255 e. The molecule has 6 aliphatic heterocycles. The van der Waals surface area contributed by atoms with Crippen LogP contribution >= 0.6 is 15.9 Å². The van der Waals surface area contributed by atoms with Gasteiger partial charge < -0.3 is 39.8 Å². The Morgan fingerprint density at radius 2 is 1.27 bits per heavy atom. The van der Waals surface area contributed by atoms with Gasteiger partial charge in [0, 0.05) is 56.0 Å². The van der Waals surface area contributed by atoms with E-state index in [4.69, 9.17) is 29.2 Å². The zero-order valence-electron chi connectivity index (χ0n) is 30.1. The monoisotopic (exact) mass is 778 g/mol. The minimum absolute atomic E-state index is 0.00984. The van der Waals surface area contributed by atoms with E-state index >= 15 is 0 Å². The first-order valence-corrected chi connectivity index (χ1v) is 19.6. The van der Waals surface area contributed by atoms with Crippen LogP contribution in [0.15, 0.2) is 0 Å². The number of aromatic amines is 1. The molecule has 2 amide bonds. The molecule has 0 aromatic carbocycles. The van der Waals surface area contributed by atoms with Crippen molar-refractivity contribution in [2.24, 2.45) is 21.7 Å². The Bertz CT molecular complexity index is 1490. The van der Waals surface area contributed by atoms with E-state index in [-0.39, 0.29) is 46.7 Å². The summed E-state index contributed by atoms with van der Waals surface area (Å²) in [6.07, 6.45) is 7.16. The van der Waals surface area contributed by atoms with E-state index in [1.54, 1.807) is 0 Å². The third-order valence-corrected chi connectivity index (χ3v) is 12.9. The Hall–Kier alpha value is -2.40. The molecule has 0 saturated carbocycles. The normalized spacial score (nSPS) is 23.7.